The van der Waals surface area contributed by atoms with E-state index in [2.05, 4.69) is 30.6 Å². The first kappa shape index (κ1) is 17.1. The molecule has 2 saturated heterocycles. The molecule has 0 aliphatic carbocycles. The minimum Gasteiger partial charge on any atom is -0.254 e. The number of hydroxylamine groups is 1. The average Bonchev–Trinajstić information content (AvgIpc) is 2.62. The number of nitrogens with zero attached hydrogens (tertiary/aromatic N) is 4. The summed E-state index contributed by atoms with van der Waals surface area (Å²) in [5.41, 5.74) is 7.95. The molecule has 5 nitrogen and oxygen atoms in total. The molecule has 127 valence electrons. The van der Waals surface area contributed by atoms with Crippen molar-refractivity contribution < 1.29 is 4.84 Å². The van der Waals surface area contributed by atoms with Crippen molar-refractivity contribution in [2.45, 2.75) is 65.0 Å². The number of aryl methyl sites for hydroxylation is 3. The smallest absolute Gasteiger partial charge is 0.197 e. The normalized spacial score (nSPS) is 26.4. The third-order valence-corrected chi connectivity index (χ3v) is 5.91. The van der Waals surface area contributed by atoms with Crippen molar-refractivity contribution in [3.8, 4) is 0 Å². The van der Waals surface area contributed by atoms with Crippen LogP contribution in [0.1, 0.15) is 62.3 Å². The molecule has 0 saturated carbocycles. The van der Waals surface area contributed by atoms with E-state index in [4.69, 9.17) is 14.8 Å². The highest BCUT2D eigenvalue weighted by atomic mass is 32.2. The summed E-state index contributed by atoms with van der Waals surface area (Å²) in [6.45, 7) is 8.16. The maximum absolute atomic E-state index is 6.07. The first-order chi connectivity index (χ1) is 11.2. The van der Waals surface area contributed by atoms with Crippen molar-refractivity contribution >= 4 is 11.9 Å². The maximum atomic E-state index is 6.07. The molecule has 6 heteroatoms. The second-order valence-corrected chi connectivity index (χ2v) is 7.34. The zero-order valence-corrected chi connectivity index (χ0v) is 15.3. The van der Waals surface area contributed by atoms with Crippen LogP contribution in [0.25, 0.3) is 0 Å². The summed E-state index contributed by atoms with van der Waals surface area (Å²) in [6, 6.07) is 0. The lowest BCUT2D eigenvalue weighted by atomic mass is 9.98. The summed E-state index contributed by atoms with van der Waals surface area (Å²) >= 11 is 1.88. The summed E-state index contributed by atoms with van der Waals surface area (Å²) in [5.74, 6) is 1.14. The van der Waals surface area contributed by atoms with E-state index in [1.807, 2.05) is 11.9 Å². The minimum atomic E-state index is -0.531. The van der Waals surface area contributed by atoms with E-state index in [-0.39, 0.29) is 0 Å². The molecule has 2 aliphatic heterocycles. The van der Waals surface area contributed by atoms with Gasteiger partial charge in [-0.05, 0) is 39.0 Å². The predicted octanol–water partition coefficient (Wildman–Crippen LogP) is 3.14. The van der Waals surface area contributed by atoms with Crippen molar-refractivity contribution in [3.05, 3.63) is 22.8 Å². The van der Waals surface area contributed by atoms with Crippen LogP contribution in [0.5, 0.6) is 0 Å². The van der Waals surface area contributed by atoms with Gasteiger partial charge in [0.15, 0.2) is 5.72 Å². The quantitative estimate of drug-likeness (QED) is 0.791. The number of rotatable bonds is 4. The van der Waals surface area contributed by atoms with Gasteiger partial charge in [0.05, 0.1) is 17.1 Å². The summed E-state index contributed by atoms with van der Waals surface area (Å²) in [5, 5.41) is 0. The monoisotopic (exact) mass is 335 g/mol. The molecule has 2 fully saturated rings. The van der Waals surface area contributed by atoms with Gasteiger partial charge in [-0.25, -0.2) is 9.29 Å². The Kier molecular flexibility index (Phi) is 5.57. The Morgan fingerprint density at radius 1 is 1.13 bits per heavy atom. The SMILES string of the molecule is CCc1nc(C)c(C2(N3CCCCS3)CCC[N]O2)nc1CC. The van der Waals surface area contributed by atoms with Gasteiger partial charge in [0.2, 0.25) is 0 Å². The van der Waals surface area contributed by atoms with E-state index in [1.165, 1.54) is 12.8 Å². The van der Waals surface area contributed by atoms with Crippen LogP contribution in [0.2, 0.25) is 0 Å². The topological polar surface area (TPSA) is 52.4 Å². The molecule has 0 bridgehead atoms. The summed E-state index contributed by atoms with van der Waals surface area (Å²) in [7, 11) is 0. The van der Waals surface area contributed by atoms with Crippen LogP contribution in [0, 0.1) is 6.92 Å². The zero-order valence-electron chi connectivity index (χ0n) is 14.5. The van der Waals surface area contributed by atoms with Gasteiger partial charge in [-0.3, -0.25) is 9.82 Å². The van der Waals surface area contributed by atoms with Crippen molar-refractivity contribution in [2.75, 3.05) is 18.8 Å². The van der Waals surface area contributed by atoms with Gasteiger partial charge in [0.25, 0.3) is 0 Å². The minimum absolute atomic E-state index is 0.531. The van der Waals surface area contributed by atoms with Gasteiger partial charge >= 0.3 is 0 Å². The molecular formula is C17H27N4OS. The lowest BCUT2D eigenvalue weighted by Crippen LogP contribution is -2.51. The van der Waals surface area contributed by atoms with E-state index in [0.717, 1.165) is 67.3 Å². The Balaban J connectivity index is 2.05. The molecule has 0 spiro atoms. The molecule has 1 radical (unpaired) electrons. The fraction of sp³-hybridized carbons (Fsp3) is 0.765. The lowest BCUT2D eigenvalue weighted by Gasteiger charge is -2.45. The molecule has 0 N–H and O–H groups in total. The van der Waals surface area contributed by atoms with Crippen LogP contribution in [0.3, 0.4) is 0 Å². The third kappa shape index (κ3) is 3.27. The van der Waals surface area contributed by atoms with Crippen molar-refractivity contribution in [2.24, 2.45) is 0 Å². The van der Waals surface area contributed by atoms with Gasteiger partial charge < -0.3 is 0 Å². The number of aromatic nitrogens is 2. The molecule has 2 aliphatic rings. The van der Waals surface area contributed by atoms with E-state index in [0.29, 0.717) is 0 Å². The molecule has 3 heterocycles. The highest BCUT2D eigenvalue weighted by Gasteiger charge is 2.46. The Bertz CT molecular complexity index is 540. The highest BCUT2D eigenvalue weighted by molar-refractivity contribution is 7.97. The molecule has 0 amide bonds. The molecule has 1 aromatic heterocycles. The Morgan fingerprint density at radius 3 is 2.52 bits per heavy atom. The van der Waals surface area contributed by atoms with E-state index in [9.17, 15) is 0 Å². The van der Waals surface area contributed by atoms with Crippen LogP contribution in [0.15, 0.2) is 0 Å². The fourth-order valence-corrected chi connectivity index (χ4v) is 4.68. The van der Waals surface area contributed by atoms with Crippen molar-refractivity contribution in [1.82, 2.24) is 19.8 Å². The van der Waals surface area contributed by atoms with Gasteiger partial charge in [0.1, 0.15) is 5.69 Å². The first-order valence-electron chi connectivity index (χ1n) is 8.83. The summed E-state index contributed by atoms with van der Waals surface area (Å²) in [6.07, 6.45) is 6.28. The van der Waals surface area contributed by atoms with Crippen LogP contribution >= 0.6 is 11.9 Å². The zero-order chi connectivity index (χ0) is 16.3. The third-order valence-electron chi connectivity index (χ3n) is 4.65. The van der Waals surface area contributed by atoms with Gasteiger partial charge in [0, 0.05) is 25.3 Å². The van der Waals surface area contributed by atoms with Crippen molar-refractivity contribution in [3.63, 3.8) is 0 Å². The number of hydrogen-bond donors (Lipinski definition) is 0. The van der Waals surface area contributed by atoms with E-state index >= 15 is 0 Å². The van der Waals surface area contributed by atoms with Gasteiger partial charge in [-0.1, -0.05) is 31.3 Å². The van der Waals surface area contributed by atoms with Crippen LogP contribution in [-0.4, -0.2) is 33.1 Å². The standard InChI is InChI=1S/C17H27N4OS/c1-4-14-15(5-2)20-16(13(3)19-14)17(9-8-10-18-22-17)21-11-6-7-12-23-21/h4-12H2,1-3H3. The molecule has 23 heavy (non-hydrogen) atoms. The molecule has 0 aromatic carbocycles. The van der Waals surface area contributed by atoms with Crippen LogP contribution in [-0.2, 0) is 23.4 Å². The first-order valence-corrected chi connectivity index (χ1v) is 9.78. The van der Waals surface area contributed by atoms with Crippen molar-refractivity contribution in [1.29, 1.82) is 0 Å². The Labute approximate surface area is 143 Å². The fourth-order valence-electron chi connectivity index (χ4n) is 3.45. The second kappa shape index (κ2) is 7.47. The Morgan fingerprint density at radius 2 is 1.91 bits per heavy atom. The van der Waals surface area contributed by atoms with E-state index < -0.39 is 5.72 Å². The lowest BCUT2D eigenvalue weighted by molar-refractivity contribution is -0.206. The second-order valence-electron chi connectivity index (χ2n) is 6.23. The average molecular weight is 335 g/mol. The maximum Gasteiger partial charge on any atom is 0.197 e. The Hall–Kier alpha value is -0.690. The largest absolute Gasteiger partial charge is 0.254 e. The van der Waals surface area contributed by atoms with Gasteiger partial charge in [-0.2, -0.15) is 0 Å². The molecule has 1 unspecified atom stereocenters. The predicted molar refractivity (Wildman–Crippen MR) is 92.9 cm³/mol. The summed E-state index contributed by atoms with van der Waals surface area (Å²) < 4.78 is 2.38. The molecule has 1 aromatic rings. The molecule has 3 rings (SSSR count). The van der Waals surface area contributed by atoms with Crippen LogP contribution in [0.4, 0.5) is 0 Å². The van der Waals surface area contributed by atoms with Crippen LogP contribution < -0.4 is 5.48 Å². The molecular weight excluding hydrogens is 308 g/mol. The van der Waals surface area contributed by atoms with Gasteiger partial charge in [-0.15, -0.1) is 0 Å². The highest BCUT2D eigenvalue weighted by Crippen LogP contribution is 2.42. The van der Waals surface area contributed by atoms with E-state index in [1.54, 1.807) is 0 Å². The number of hydrogen-bond acceptors (Lipinski definition) is 5. The molecule has 1 atom stereocenters. The summed E-state index contributed by atoms with van der Waals surface area (Å²) in [4.78, 5) is 16.0.